The number of amides is 1. The Morgan fingerprint density at radius 3 is 3.00 bits per heavy atom. The summed E-state index contributed by atoms with van der Waals surface area (Å²) in [6.45, 7) is 4.58. The van der Waals surface area contributed by atoms with Crippen LogP contribution >= 0.6 is 0 Å². The Labute approximate surface area is 140 Å². The van der Waals surface area contributed by atoms with Crippen molar-refractivity contribution in [2.45, 2.75) is 32.9 Å². The minimum absolute atomic E-state index is 0.0890. The van der Waals surface area contributed by atoms with Gasteiger partial charge in [0.15, 0.2) is 0 Å². The Kier molecular flexibility index (Phi) is 4.76. The highest BCUT2D eigenvalue weighted by molar-refractivity contribution is 5.75. The van der Waals surface area contributed by atoms with Crippen molar-refractivity contribution in [2.75, 3.05) is 13.2 Å². The molecule has 0 saturated heterocycles. The van der Waals surface area contributed by atoms with Crippen LogP contribution in [0.25, 0.3) is 0 Å². The zero-order valence-corrected chi connectivity index (χ0v) is 13.9. The van der Waals surface area contributed by atoms with E-state index in [1.165, 1.54) is 16.3 Å². The molecule has 126 valence electrons. The normalized spacial score (nSPS) is 16.5. The van der Waals surface area contributed by atoms with Gasteiger partial charge in [-0.15, -0.1) is 0 Å². The number of rotatable bonds is 4. The minimum Gasteiger partial charge on any atom is -0.371 e. The topological polar surface area (TPSA) is 73.2 Å². The lowest BCUT2D eigenvalue weighted by Gasteiger charge is -2.26. The van der Waals surface area contributed by atoms with Crippen LogP contribution in [0.3, 0.4) is 0 Å². The molecule has 1 amide bonds. The number of ether oxygens (including phenoxy) is 1. The van der Waals surface area contributed by atoms with Crippen LogP contribution in [0.1, 0.15) is 28.5 Å². The highest BCUT2D eigenvalue weighted by atomic mass is 16.5. The smallest absolute Gasteiger partial charge is 0.267 e. The molecule has 1 aromatic heterocycles. The fourth-order valence-corrected chi connectivity index (χ4v) is 2.83. The summed E-state index contributed by atoms with van der Waals surface area (Å²) < 4.78 is 6.95. The third-order valence-corrected chi connectivity index (χ3v) is 4.31. The van der Waals surface area contributed by atoms with Gasteiger partial charge in [0.2, 0.25) is 5.91 Å². The van der Waals surface area contributed by atoms with E-state index in [0.717, 1.165) is 23.2 Å². The van der Waals surface area contributed by atoms with Gasteiger partial charge in [-0.05, 0) is 37.0 Å². The highest BCUT2D eigenvalue weighted by Crippen LogP contribution is 2.26. The Hall–Kier alpha value is -2.47. The van der Waals surface area contributed by atoms with E-state index in [1.807, 2.05) is 32.0 Å². The van der Waals surface area contributed by atoms with Gasteiger partial charge in [0.1, 0.15) is 12.6 Å². The lowest BCUT2D eigenvalue weighted by atomic mass is 9.97. The largest absolute Gasteiger partial charge is 0.371 e. The number of benzene rings is 1. The van der Waals surface area contributed by atoms with E-state index in [-0.39, 0.29) is 24.1 Å². The summed E-state index contributed by atoms with van der Waals surface area (Å²) in [5.74, 6) is -0.250. The van der Waals surface area contributed by atoms with Crippen molar-refractivity contribution in [2.24, 2.45) is 0 Å². The molecule has 1 aliphatic heterocycles. The Morgan fingerprint density at radius 2 is 2.17 bits per heavy atom. The van der Waals surface area contributed by atoms with Gasteiger partial charge < -0.3 is 10.1 Å². The molecule has 6 heteroatoms. The third kappa shape index (κ3) is 3.54. The second kappa shape index (κ2) is 6.97. The van der Waals surface area contributed by atoms with Gasteiger partial charge in [-0.1, -0.05) is 24.3 Å². The van der Waals surface area contributed by atoms with Gasteiger partial charge in [0.05, 0.1) is 12.3 Å². The maximum absolute atomic E-state index is 12.1. The summed E-state index contributed by atoms with van der Waals surface area (Å²) >= 11 is 0. The first-order valence-corrected chi connectivity index (χ1v) is 8.06. The van der Waals surface area contributed by atoms with E-state index in [1.54, 1.807) is 0 Å². The van der Waals surface area contributed by atoms with Crippen LogP contribution in [0, 0.1) is 13.8 Å². The Balaban J connectivity index is 1.63. The van der Waals surface area contributed by atoms with Crippen molar-refractivity contribution in [3.05, 3.63) is 63.1 Å². The zero-order valence-electron chi connectivity index (χ0n) is 13.9. The molecule has 0 spiro atoms. The predicted octanol–water partition coefficient (Wildman–Crippen LogP) is 1.29. The van der Waals surface area contributed by atoms with Crippen molar-refractivity contribution < 1.29 is 9.53 Å². The average Bonchev–Trinajstić information content (AvgIpc) is 2.58. The Bertz CT molecular complexity index is 813. The fraction of sp³-hybridized carbons (Fsp3) is 0.389. The number of fused-ring (bicyclic) bond motifs is 1. The monoisotopic (exact) mass is 327 g/mol. The molecule has 0 fully saturated rings. The number of aryl methyl sites for hydroxylation is 2. The molecule has 1 aliphatic rings. The molecule has 0 radical (unpaired) electrons. The van der Waals surface area contributed by atoms with E-state index in [0.29, 0.717) is 13.2 Å². The Morgan fingerprint density at radius 1 is 1.38 bits per heavy atom. The molecule has 1 aromatic carbocycles. The van der Waals surface area contributed by atoms with E-state index in [4.69, 9.17) is 4.74 Å². The molecule has 0 unspecified atom stereocenters. The zero-order chi connectivity index (χ0) is 17.1. The molecule has 0 bridgehead atoms. The first kappa shape index (κ1) is 16.4. The van der Waals surface area contributed by atoms with Gasteiger partial charge in [0.25, 0.3) is 5.56 Å². The number of carbonyl (C=O) groups excluding carboxylic acids is 1. The maximum Gasteiger partial charge on any atom is 0.267 e. The minimum atomic E-state index is -0.271. The molecule has 2 aromatic rings. The van der Waals surface area contributed by atoms with Crippen molar-refractivity contribution in [1.82, 2.24) is 15.1 Å². The number of nitrogens with one attached hydrogen (secondary N) is 1. The van der Waals surface area contributed by atoms with Crippen LogP contribution in [0.4, 0.5) is 0 Å². The SMILES string of the molecule is Cc1cc(=O)n(CC(=O)NC[C@@H]2OCCc3ccccc32)nc1C. The molecule has 2 heterocycles. The molecular formula is C18H21N3O3. The van der Waals surface area contributed by atoms with Gasteiger partial charge in [0, 0.05) is 12.6 Å². The van der Waals surface area contributed by atoms with Crippen LogP contribution in [0.15, 0.2) is 35.1 Å². The van der Waals surface area contributed by atoms with Crippen molar-refractivity contribution >= 4 is 5.91 Å². The predicted molar refractivity (Wildman–Crippen MR) is 89.8 cm³/mol. The molecule has 0 saturated carbocycles. The van der Waals surface area contributed by atoms with Crippen molar-refractivity contribution in [1.29, 1.82) is 0 Å². The molecule has 3 rings (SSSR count). The summed E-state index contributed by atoms with van der Waals surface area (Å²) in [5.41, 5.74) is 3.67. The molecule has 6 nitrogen and oxygen atoms in total. The second-order valence-electron chi connectivity index (χ2n) is 6.02. The highest BCUT2D eigenvalue weighted by Gasteiger charge is 2.21. The first-order valence-electron chi connectivity index (χ1n) is 8.06. The standard InChI is InChI=1S/C18H21N3O3/c1-12-9-18(23)21(20-13(12)2)11-17(22)19-10-16-15-6-4-3-5-14(15)7-8-24-16/h3-6,9,16H,7-8,10-11H2,1-2H3,(H,19,22)/t16-/m0/s1. The number of hydrogen-bond donors (Lipinski definition) is 1. The summed E-state index contributed by atoms with van der Waals surface area (Å²) in [5, 5.41) is 6.99. The lowest BCUT2D eigenvalue weighted by Crippen LogP contribution is -2.37. The van der Waals surface area contributed by atoms with E-state index in [2.05, 4.69) is 16.5 Å². The van der Waals surface area contributed by atoms with Crippen LogP contribution in [0.2, 0.25) is 0 Å². The average molecular weight is 327 g/mol. The summed E-state index contributed by atoms with van der Waals surface area (Å²) in [7, 11) is 0. The molecule has 1 N–H and O–H groups in total. The number of nitrogens with zero attached hydrogens (tertiary/aromatic N) is 2. The quantitative estimate of drug-likeness (QED) is 0.918. The van der Waals surface area contributed by atoms with E-state index in [9.17, 15) is 9.59 Å². The second-order valence-corrected chi connectivity index (χ2v) is 6.02. The summed E-state index contributed by atoms with van der Waals surface area (Å²) in [6.07, 6.45) is 0.742. The van der Waals surface area contributed by atoms with Gasteiger partial charge >= 0.3 is 0 Å². The van der Waals surface area contributed by atoms with Crippen LogP contribution in [-0.4, -0.2) is 28.8 Å². The summed E-state index contributed by atoms with van der Waals surface area (Å²) in [6, 6.07) is 9.60. The number of hydrogen-bond acceptors (Lipinski definition) is 4. The molecule has 24 heavy (non-hydrogen) atoms. The molecule has 0 aliphatic carbocycles. The van der Waals surface area contributed by atoms with Gasteiger partial charge in [-0.25, -0.2) is 4.68 Å². The van der Waals surface area contributed by atoms with Crippen LogP contribution in [0.5, 0.6) is 0 Å². The van der Waals surface area contributed by atoms with Crippen LogP contribution < -0.4 is 10.9 Å². The van der Waals surface area contributed by atoms with Crippen molar-refractivity contribution in [3.8, 4) is 0 Å². The molecular weight excluding hydrogens is 306 g/mol. The number of aromatic nitrogens is 2. The lowest BCUT2D eigenvalue weighted by molar-refractivity contribution is -0.122. The maximum atomic E-state index is 12.1. The van der Waals surface area contributed by atoms with E-state index < -0.39 is 0 Å². The molecule has 1 atom stereocenters. The number of carbonyl (C=O) groups is 1. The van der Waals surface area contributed by atoms with Crippen LogP contribution in [-0.2, 0) is 22.5 Å². The fourth-order valence-electron chi connectivity index (χ4n) is 2.83. The third-order valence-electron chi connectivity index (χ3n) is 4.31. The first-order chi connectivity index (χ1) is 11.5. The van der Waals surface area contributed by atoms with Gasteiger partial charge in [-0.2, -0.15) is 5.10 Å². The van der Waals surface area contributed by atoms with Gasteiger partial charge in [-0.3, -0.25) is 9.59 Å². The van der Waals surface area contributed by atoms with E-state index >= 15 is 0 Å². The van der Waals surface area contributed by atoms with Crippen molar-refractivity contribution in [3.63, 3.8) is 0 Å². The summed E-state index contributed by atoms with van der Waals surface area (Å²) in [4.78, 5) is 24.0.